The summed E-state index contributed by atoms with van der Waals surface area (Å²) >= 11 is 0. The van der Waals surface area contributed by atoms with E-state index in [9.17, 15) is 0 Å². The van der Waals surface area contributed by atoms with E-state index in [0.29, 0.717) is 13.2 Å². The summed E-state index contributed by atoms with van der Waals surface area (Å²) in [5.74, 6) is 0.745. The van der Waals surface area contributed by atoms with Crippen molar-refractivity contribution in [3.63, 3.8) is 0 Å². The first-order valence-corrected chi connectivity index (χ1v) is 10.4. The SMILES string of the molecule is CN(C)c1ccc(-c2nnnn2[C@H]2CO[C@H]3[C@@H]2OC[C@@H]3[NH2+]Cc2ccccc2)cc1. The van der Waals surface area contributed by atoms with Crippen molar-refractivity contribution in [2.75, 3.05) is 32.2 Å². The summed E-state index contributed by atoms with van der Waals surface area (Å²) in [5.41, 5.74) is 3.43. The maximum absolute atomic E-state index is 6.18. The molecule has 0 bridgehead atoms. The maximum atomic E-state index is 6.18. The zero-order valence-corrected chi connectivity index (χ0v) is 17.3. The predicted molar refractivity (Wildman–Crippen MR) is 112 cm³/mol. The van der Waals surface area contributed by atoms with E-state index in [1.54, 1.807) is 0 Å². The largest absolute Gasteiger partial charge is 0.378 e. The molecule has 3 aromatic rings. The van der Waals surface area contributed by atoms with Gasteiger partial charge in [-0.2, -0.15) is 0 Å². The summed E-state index contributed by atoms with van der Waals surface area (Å²) in [7, 11) is 4.05. The molecule has 4 atom stereocenters. The molecule has 0 aliphatic carbocycles. The van der Waals surface area contributed by atoms with Crippen LogP contribution in [-0.2, 0) is 16.0 Å². The molecule has 0 spiro atoms. The number of rotatable bonds is 6. The first-order chi connectivity index (χ1) is 14.7. The molecule has 0 saturated carbocycles. The zero-order chi connectivity index (χ0) is 20.5. The molecule has 30 heavy (non-hydrogen) atoms. The van der Waals surface area contributed by atoms with Crippen LogP contribution >= 0.6 is 0 Å². The molecule has 0 radical (unpaired) electrons. The van der Waals surface area contributed by atoms with Crippen LogP contribution in [0.4, 0.5) is 5.69 Å². The van der Waals surface area contributed by atoms with Crippen molar-refractivity contribution in [1.29, 1.82) is 0 Å². The normalized spacial score (nSPS) is 25.4. The third kappa shape index (κ3) is 3.58. The van der Waals surface area contributed by atoms with Crippen LogP contribution in [0.5, 0.6) is 0 Å². The Morgan fingerprint density at radius 2 is 1.77 bits per heavy atom. The number of tetrazole rings is 1. The van der Waals surface area contributed by atoms with E-state index < -0.39 is 0 Å². The fourth-order valence-electron chi connectivity index (χ4n) is 4.34. The van der Waals surface area contributed by atoms with Crippen LogP contribution in [0.25, 0.3) is 11.4 Å². The molecule has 5 rings (SSSR count). The first kappa shape index (κ1) is 19.2. The molecule has 2 fully saturated rings. The molecule has 2 aliphatic rings. The number of nitrogens with two attached hydrogens (primary N) is 1. The standard InChI is InChI=1S/C22H26N6O2/c1-27(2)17-10-8-16(9-11-17)22-24-25-26-28(22)19-14-30-20-18(13-29-21(19)20)23-12-15-6-4-3-5-7-15/h3-11,18-21,23H,12-14H2,1-2H3/p+1/t18-,19-,20+,21+/m0/s1. The summed E-state index contributed by atoms with van der Waals surface area (Å²) in [6.45, 7) is 2.15. The van der Waals surface area contributed by atoms with Crippen LogP contribution in [0.3, 0.4) is 0 Å². The molecule has 2 aromatic carbocycles. The molecule has 156 valence electrons. The first-order valence-electron chi connectivity index (χ1n) is 10.4. The number of aromatic nitrogens is 4. The molecule has 2 aliphatic heterocycles. The molecule has 0 unspecified atom stereocenters. The van der Waals surface area contributed by atoms with Gasteiger partial charge in [0.15, 0.2) is 5.82 Å². The number of ether oxygens (including phenoxy) is 2. The Hall–Kier alpha value is -2.81. The van der Waals surface area contributed by atoms with Crippen molar-refractivity contribution < 1.29 is 14.8 Å². The van der Waals surface area contributed by atoms with Crippen LogP contribution in [0.2, 0.25) is 0 Å². The van der Waals surface area contributed by atoms with Gasteiger partial charge in [-0.1, -0.05) is 30.3 Å². The highest BCUT2D eigenvalue weighted by Gasteiger charge is 2.51. The van der Waals surface area contributed by atoms with Crippen LogP contribution < -0.4 is 10.2 Å². The van der Waals surface area contributed by atoms with E-state index in [4.69, 9.17) is 9.47 Å². The zero-order valence-electron chi connectivity index (χ0n) is 17.3. The lowest BCUT2D eigenvalue weighted by Crippen LogP contribution is -2.91. The lowest BCUT2D eigenvalue weighted by atomic mass is 10.1. The molecular weight excluding hydrogens is 380 g/mol. The summed E-state index contributed by atoms with van der Waals surface area (Å²) in [6, 6.07) is 19.0. The monoisotopic (exact) mass is 407 g/mol. The van der Waals surface area contributed by atoms with Gasteiger partial charge in [0.05, 0.1) is 6.61 Å². The molecule has 1 aromatic heterocycles. The minimum absolute atomic E-state index is 0.0244. The maximum Gasteiger partial charge on any atom is 0.182 e. The quantitative estimate of drug-likeness (QED) is 0.653. The van der Waals surface area contributed by atoms with Gasteiger partial charge in [0.2, 0.25) is 0 Å². The number of benzene rings is 2. The van der Waals surface area contributed by atoms with Gasteiger partial charge in [-0.15, -0.1) is 5.10 Å². The van der Waals surface area contributed by atoms with Crippen LogP contribution in [0.1, 0.15) is 11.6 Å². The fraction of sp³-hybridized carbons (Fsp3) is 0.409. The molecule has 8 heteroatoms. The summed E-state index contributed by atoms with van der Waals surface area (Å²) in [6.07, 6.45) is 0.0113. The third-order valence-electron chi connectivity index (χ3n) is 6.01. The fourth-order valence-corrected chi connectivity index (χ4v) is 4.34. The number of hydrogen-bond acceptors (Lipinski definition) is 6. The van der Waals surface area contributed by atoms with Gasteiger partial charge in [0.1, 0.15) is 37.4 Å². The Balaban J connectivity index is 1.30. The van der Waals surface area contributed by atoms with E-state index in [1.807, 2.05) is 24.8 Å². The number of fused-ring (bicyclic) bond motifs is 1. The molecular formula is C22H27N6O2+. The Bertz CT molecular complexity index is 975. The highest BCUT2D eigenvalue weighted by atomic mass is 16.6. The Labute approximate surface area is 175 Å². The van der Waals surface area contributed by atoms with E-state index in [2.05, 4.69) is 74.3 Å². The number of anilines is 1. The minimum Gasteiger partial charge on any atom is -0.378 e. The van der Waals surface area contributed by atoms with Gasteiger partial charge in [-0.25, -0.2) is 4.68 Å². The van der Waals surface area contributed by atoms with Crippen LogP contribution in [0.15, 0.2) is 54.6 Å². The second kappa shape index (κ2) is 8.14. The van der Waals surface area contributed by atoms with E-state index >= 15 is 0 Å². The van der Waals surface area contributed by atoms with E-state index in [0.717, 1.165) is 23.6 Å². The second-order valence-electron chi connectivity index (χ2n) is 8.14. The number of quaternary nitrogens is 1. The molecule has 3 heterocycles. The summed E-state index contributed by atoms with van der Waals surface area (Å²) < 4.78 is 14.2. The van der Waals surface area contributed by atoms with Crippen molar-refractivity contribution >= 4 is 5.69 Å². The van der Waals surface area contributed by atoms with Gasteiger partial charge in [0.25, 0.3) is 0 Å². The predicted octanol–water partition coefficient (Wildman–Crippen LogP) is 0.877. The van der Waals surface area contributed by atoms with Crippen molar-refractivity contribution in [2.24, 2.45) is 0 Å². The van der Waals surface area contributed by atoms with Crippen molar-refractivity contribution in [1.82, 2.24) is 20.2 Å². The lowest BCUT2D eigenvalue weighted by molar-refractivity contribution is -0.707. The Kier molecular flexibility index (Phi) is 5.20. The highest BCUT2D eigenvalue weighted by Crippen LogP contribution is 2.35. The van der Waals surface area contributed by atoms with Crippen molar-refractivity contribution in [2.45, 2.75) is 30.8 Å². The van der Waals surface area contributed by atoms with Gasteiger partial charge in [-0.3, -0.25) is 0 Å². The minimum atomic E-state index is -0.0367. The molecule has 0 amide bonds. The summed E-state index contributed by atoms with van der Waals surface area (Å²) in [4.78, 5) is 2.07. The van der Waals surface area contributed by atoms with Gasteiger partial charge < -0.3 is 19.7 Å². The average Bonchev–Trinajstić information content (AvgIpc) is 3.50. The van der Waals surface area contributed by atoms with Crippen molar-refractivity contribution in [3.8, 4) is 11.4 Å². The number of nitrogens with zero attached hydrogens (tertiary/aromatic N) is 5. The topological polar surface area (TPSA) is 81.9 Å². The lowest BCUT2D eigenvalue weighted by Gasteiger charge is -2.17. The number of hydrogen-bond donors (Lipinski definition) is 1. The molecule has 2 saturated heterocycles. The van der Waals surface area contributed by atoms with Gasteiger partial charge in [-0.05, 0) is 34.7 Å². The van der Waals surface area contributed by atoms with Crippen molar-refractivity contribution in [3.05, 3.63) is 60.2 Å². The second-order valence-corrected chi connectivity index (χ2v) is 8.14. The van der Waals surface area contributed by atoms with Gasteiger partial charge in [0, 0.05) is 30.9 Å². The summed E-state index contributed by atoms with van der Waals surface area (Å²) in [5, 5.41) is 14.8. The molecule has 8 nitrogen and oxygen atoms in total. The van der Waals surface area contributed by atoms with Gasteiger partial charge >= 0.3 is 0 Å². The van der Waals surface area contributed by atoms with Crippen LogP contribution in [0, 0.1) is 0 Å². The highest BCUT2D eigenvalue weighted by molar-refractivity contribution is 5.60. The molecule has 2 N–H and O–H groups in total. The van der Waals surface area contributed by atoms with Crippen LogP contribution in [-0.4, -0.2) is 65.8 Å². The van der Waals surface area contributed by atoms with E-state index in [1.165, 1.54) is 5.56 Å². The smallest absolute Gasteiger partial charge is 0.182 e. The average molecular weight is 407 g/mol. The van der Waals surface area contributed by atoms with E-state index in [-0.39, 0.29) is 24.3 Å². The Morgan fingerprint density at radius 1 is 1.00 bits per heavy atom. The third-order valence-corrected chi connectivity index (χ3v) is 6.01. The Morgan fingerprint density at radius 3 is 2.53 bits per heavy atom.